The van der Waals surface area contributed by atoms with E-state index in [-0.39, 0.29) is 5.75 Å². The molecule has 2 rings (SSSR count). The van der Waals surface area contributed by atoms with Gasteiger partial charge in [-0.2, -0.15) is 8.78 Å². The van der Waals surface area contributed by atoms with Gasteiger partial charge in [-0.25, -0.2) is 0 Å². The van der Waals surface area contributed by atoms with Gasteiger partial charge in [0.05, 0.1) is 0 Å². The maximum atomic E-state index is 12.1. The lowest BCUT2D eigenvalue weighted by Crippen LogP contribution is -2.04. The van der Waals surface area contributed by atoms with Gasteiger partial charge in [0.1, 0.15) is 5.75 Å². The van der Waals surface area contributed by atoms with Crippen LogP contribution in [0.15, 0.2) is 42.7 Å². The zero-order valence-corrected chi connectivity index (χ0v) is 10.4. The van der Waals surface area contributed by atoms with Gasteiger partial charge in [-0.15, -0.1) is 0 Å². The Hall–Kier alpha value is -2.17. The van der Waals surface area contributed by atoms with Crippen LogP contribution < -0.4 is 10.1 Å². The van der Waals surface area contributed by atoms with E-state index < -0.39 is 6.61 Å². The van der Waals surface area contributed by atoms with Crippen molar-refractivity contribution in [3.63, 3.8) is 0 Å². The summed E-state index contributed by atoms with van der Waals surface area (Å²) in [5.74, 6) is 0.142. The van der Waals surface area contributed by atoms with Gasteiger partial charge in [-0.05, 0) is 36.2 Å². The number of hydrogen-bond donors (Lipinski definition) is 1. The van der Waals surface area contributed by atoms with Crippen molar-refractivity contribution in [2.75, 3.05) is 5.32 Å². The molecule has 0 saturated carbocycles. The highest BCUT2D eigenvalue weighted by molar-refractivity contribution is 5.48. The zero-order chi connectivity index (χ0) is 13.7. The molecule has 1 aromatic heterocycles. The van der Waals surface area contributed by atoms with E-state index in [0.29, 0.717) is 6.54 Å². The Kier molecular flexibility index (Phi) is 4.28. The monoisotopic (exact) mass is 264 g/mol. The second kappa shape index (κ2) is 6.13. The molecule has 0 radical (unpaired) electrons. The highest BCUT2D eigenvalue weighted by Gasteiger charge is 2.04. The summed E-state index contributed by atoms with van der Waals surface area (Å²) < 4.78 is 28.6. The van der Waals surface area contributed by atoms with Crippen molar-refractivity contribution < 1.29 is 13.5 Å². The number of halogens is 2. The van der Waals surface area contributed by atoms with E-state index in [4.69, 9.17) is 0 Å². The third kappa shape index (κ3) is 3.91. The van der Waals surface area contributed by atoms with Crippen LogP contribution in [-0.4, -0.2) is 11.6 Å². The molecule has 1 aromatic carbocycles. The number of rotatable bonds is 5. The number of benzene rings is 1. The maximum Gasteiger partial charge on any atom is 0.387 e. The first-order chi connectivity index (χ1) is 9.15. The van der Waals surface area contributed by atoms with E-state index in [1.165, 1.54) is 12.1 Å². The van der Waals surface area contributed by atoms with Gasteiger partial charge in [-0.3, -0.25) is 4.98 Å². The first-order valence-corrected chi connectivity index (χ1v) is 5.83. The van der Waals surface area contributed by atoms with E-state index in [1.54, 1.807) is 24.5 Å². The fourth-order valence-electron chi connectivity index (χ4n) is 1.66. The summed E-state index contributed by atoms with van der Waals surface area (Å²) in [7, 11) is 0. The summed E-state index contributed by atoms with van der Waals surface area (Å²) >= 11 is 0. The fourth-order valence-corrected chi connectivity index (χ4v) is 1.66. The summed E-state index contributed by atoms with van der Waals surface area (Å²) in [4.78, 5) is 4.05. The quantitative estimate of drug-likeness (QED) is 0.895. The summed E-state index contributed by atoms with van der Waals surface area (Å²) in [5.41, 5.74) is 2.91. The van der Waals surface area contributed by atoms with Crippen LogP contribution in [0.3, 0.4) is 0 Å². The van der Waals surface area contributed by atoms with Crippen LogP contribution in [0, 0.1) is 6.92 Å². The van der Waals surface area contributed by atoms with Crippen LogP contribution >= 0.6 is 0 Å². The molecule has 0 saturated heterocycles. The smallest absolute Gasteiger partial charge is 0.387 e. The van der Waals surface area contributed by atoms with Crippen LogP contribution in [0.1, 0.15) is 11.1 Å². The van der Waals surface area contributed by atoms with Gasteiger partial charge >= 0.3 is 6.61 Å². The van der Waals surface area contributed by atoms with Gasteiger partial charge in [0.25, 0.3) is 0 Å². The minimum atomic E-state index is -2.81. The van der Waals surface area contributed by atoms with Gasteiger partial charge < -0.3 is 10.1 Å². The van der Waals surface area contributed by atoms with Crippen LogP contribution in [0.25, 0.3) is 0 Å². The van der Waals surface area contributed by atoms with Gasteiger partial charge in [0, 0.05) is 30.7 Å². The number of alkyl halides is 2. The Morgan fingerprint density at radius 2 is 2.16 bits per heavy atom. The number of pyridine rings is 1. The third-order valence-corrected chi connectivity index (χ3v) is 2.69. The third-order valence-electron chi connectivity index (χ3n) is 2.69. The average Bonchev–Trinajstić information content (AvgIpc) is 2.37. The molecule has 0 amide bonds. The number of hydrogen-bond acceptors (Lipinski definition) is 3. The molecule has 0 spiro atoms. The summed E-state index contributed by atoms with van der Waals surface area (Å²) in [5, 5.41) is 3.15. The second-order valence-corrected chi connectivity index (χ2v) is 4.06. The standard InChI is InChI=1S/C14H14F2N2O/c1-10-5-6-17-8-11(10)9-18-12-3-2-4-13(7-12)19-14(15)16/h2-8,14,18H,9H2,1H3. The topological polar surface area (TPSA) is 34.2 Å². The number of aryl methyl sites for hydroxylation is 1. The molecule has 2 aromatic rings. The van der Waals surface area contributed by atoms with Crippen molar-refractivity contribution in [2.45, 2.75) is 20.1 Å². The Labute approximate surface area is 110 Å². The molecule has 0 bridgehead atoms. The van der Waals surface area contributed by atoms with Crippen molar-refractivity contribution in [2.24, 2.45) is 0 Å². The molecule has 19 heavy (non-hydrogen) atoms. The molecule has 5 heteroatoms. The SMILES string of the molecule is Cc1ccncc1CNc1cccc(OC(F)F)c1. The Morgan fingerprint density at radius 3 is 2.89 bits per heavy atom. The van der Waals surface area contributed by atoms with Crippen LogP contribution in [0.4, 0.5) is 14.5 Å². The van der Waals surface area contributed by atoms with Gasteiger partial charge in [0.15, 0.2) is 0 Å². The van der Waals surface area contributed by atoms with E-state index in [1.807, 2.05) is 13.0 Å². The molecule has 3 nitrogen and oxygen atoms in total. The lowest BCUT2D eigenvalue weighted by molar-refractivity contribution is -0.0498. The van der Waals surface area contributed by atoms with Crippen LogP contribution in [0.5, 0.6) is 5.75 Å². The predicted octanol–water partition coefficient (Wildman–Crippen LogP) is 3.60. The van der Waals surface area contributed by atoms with Crippen molar-refractivity contribution in [1.29, 1.82) is 0 Å². The minimum Gasteiger partial charge on any atom is -0.435 e. The van der Waals surface area contributed by atoms with Crippen LogP contribution in [-0.2, 0) is 6.54 Å². The van der Waals surface area contributed by atoms with Crippen molar-refractivity contribution >= 4 is 5.69 Å². The minimum absolute atomic E-state index is 0.142. The predicted molar refractivity (Wildman–Crippen MR) is 69.4 cm³/mol. The molecule has 0 aliphatic carbocycles. The van der Waals surface area contributed by atoms with Gasteiger partial charge in [-0.1, -0.05) is 6.07 Å². The zero-order valence-electron chi connectivity index (χ0n) is 10.4. The van der Waals surface area contributed by atoms with Crippen molar-refractivity contribution in [3.8, 4) is 5.75 Å². The maximum absolute atomic E-state index is 12.1. The normalized spacial score (nSPS) is 10.5. The number of anilines is 1. The molecule has 100 valence electrons. The lowest BCUT2D eigenvalue weighted by atomic mass is 10.1. The molecule has 0 aliphatic heterocycles. The fraction of sp³-hybridized carbons (Fsp3) is 0.214. The number of aromatic nitrogens is 1. The highest BCUT2D eigenvalue weighted by atomic mass is 19.3. The van der Waals surface area contributed by atoms with Crippen molar-refractivity contribution in [3.05, 3.63) is 53.9 Å². The van der Waals surface area contributed by atoms with E-state index in [2.05, 4.69) is 15.0 Å². The Balaban J connectivity index is 2.02. The van der Waals surface area contributed by atoms with E-state index >= 15 is 0 Å². The number of nitrogens with one attached hydrogen (secondary N) is 1. The molecule has 1 N–H and O–H groups in total. The van der Waals surface area contributed by atoms with E-state index in [0.717, 1.165) is 16.8 Å². The molecule has 0 aliphatic rings. The molecule has 0 unspecified atom stereocenters. The van der Waals surface area contributed by atoms with Crippen molar-refractivity contribution in [1.82, 2.24) is 4.98 Å². The van der Waals surface area contributed by atoms with Gasteiger partial charge in [0.2, 0.25) is 0 Å². The average molecular weight is 264 g/mol. The Bertz CT molecular complexity index is 546. The molecular weight excluding hydrogens is 250 g/mol. The first kappa shape index (κ1) is 13.3. The largest absolute Gasteiger partial charge is 0.435 e. The summed E-state index contributed by atoms with van der Waals surface area (Å²) in [6.45, 7) is -0.233. The molecule has 1 heterocycles. The number of ether oxygens (including phenoxy) is 1. The summed E-state index contributed by atoms with van der Waals surface area (Å²) in [6.07, 6.45) is 3.51. The molecule has 0 fully saturated rings. The molecule has 0 atom stereocenters. The lowest BCUT2D eigenvalue weighted by Gasteiger charge is -2.10. The molecular formula is C14H14F2N2O. The second-order valence-electron chi connectivity index (χ2n) is 4.06. The highest BCUT2D eigenvalue weighted by Crippen LogP contribution is 2.20. The first-order valence-electron chi connectivity index (χ1n) is 5.83. The summed E-state index contributed by atoms with van der Waals surface area (Å²) in [6, 6.07) is 8.41. The van der Waals surface area contributed by atoms with E-state index in [9.17, 15) is 8.78 Å². The Morgan fingerprint density at radius 1 is 1.32 bits per heavy atom. The number of nitrogens with zero attached hydrogens (tertiary/aromatic N) is 1. The van der Waals surface area contributed by atoms with Crippen LogP contribution in [0.2, 0.25) is 0 Å².